The molecule has 5 unspecified atom stereocenters. The number of nitrogens with two attached hydrogens (primary N) is 5. The van der Waals surface area contributed by atoms with Crippen LogP contribution in [0.15, 0.2) is 0 Å². The number of carboxylic acid groups (broad SMARTS) is 1. The summed E-state index contributed by atoms with van der Waals surface area (Å²) in [5.74, 6) is -8.02. The standard InChI is InChI=1S/C28H49N11O11.Na/c29-15(5-10-22(44)45)25(48)38-18(6-8-20(42)34-12-14-41)27(50)39-19(26(49)37-17(24(31)47)4-2-13-40)7-9-21(43)36-16(23(30)46)3-1-11-35-28(32)33;/h13,15-19,41H,1-12,14,29H2,(H2,30,46)(H2,31,47)(H,34,42)(H,36,43)(H,37,49)(H,38,48)(H,39,50)(H,44,45)(H4,32,33,35);/q;+1/i13T;. The van der Waals surface area contributed by atoms with E-state index in [1.54, 1.807) is 0 Å². The Morgan fingerprint density at radius 1 is 0.725 bits per heavy atom. The zero-order valence-corrected chi connectivity index (χ0v) is 30.5. The molecule has 17 N–H and O–H groups in total. The molecule has 0 saturated heterocycles. The Labute approximate surface area is 317 Å². The average molecular weight is 741 g/mol. The van der Waals surface area contributed by atoms with Gasteiger partial charge in [-0.05, 0) is 44.9 Å². The maximum Gasteiger partial charge on any atom is 1.00 e. The normalized spacial score (nSPS) is 13.6. The van der Waals surface area contributed by atoms with Gasteiger partial charge in [0, 0.05) is 31.8 Å². The van der Waals surface area contributed by atoms with E-state index in [0.29, 0.717) is 6.42 Å². The van der Waals surface area contributed by atoms with Crippen molar-refractivity contribution in [1.29, 1.82) is 0 Å². The number of nitrogens with one attached hydrogen (secondary N) is 6. The van der Waals surface area contributed by atoms with Crippen LogP contribution in [0.25, 0.3) is 0 Å². The van der Waals surface area contributed by atoms with Crippen LogP contribution in [0.4, 0.5) is 0 Å². The van der Waals surface area contributed by atoms with Crippen molar-refractivity contribution in [3.8, 4) is 0 Å². The number of aliphatic hydroxyl groups excluding tert-OH is 1. The Hall–Kier alpha value is -4.38. The molecule has 0 radical (unpaired) electrons. The van der Waals surface area contributed by atoms with Crippen molar-refractivity contribution in [2.45, 2.75) is 94.4 Å². The number of aliphatic carboxylic acids is 1. The average Bonchev–Trinajstić information content (AvgIpc) is 3.04. The molecule has 5 atom stereocenters. The molecule has 0 rings (SSSR count). The maximum absolute atomic E-state index is 13.5. The minimum atomic E-state index is -1.63. The molecule has 0 spiro atoms. The van der Waals surface area contributed by atoms with Crippen molar-refractivity contribution < 1.29 is 89.3 Å². The second-order valence-electron chi connectivity index (χ2n) is 11.0. The third kappa shape index (κ3) is 22.9. The van der Waals surface area contributed by atoms with Gasteiger partial charge in [0.05, 0.1) is 19.2 Å². The summed E-state index contributed by atoms with van der Waals surface area (Å²) in [6.45, 7) is -0.237. The maximum atomic E-state index is 13.5. The summed E-state index contributed by atoms with van der Waals surface area (Å²) in [5.41, 5.74) is 27.1. The number of aliphatic hydroxyl groups is 1. The molecule has 0 aliphatic carbocycles. The number of hydrogen-bond donors (Lipinski definition) is 12. The van der Waals surface area contributed by atoms with E-state index in [1.807, 2.05) is 0 Å². The topological polar surface area (TPSA) is 401 Å². The monoisotopic (exact) mass is 740 g/mol. The van der Waals surface area contributed by atoms with E-state index >= 15 is 0 Å². The third-order valence-electron chi connectivity index (χ3n) is 6.89. The SMILES string of the molecule is [3H]C(=O)CCC(NC(=O)C(CCC(=O)NC(CCC[NH+]=C(N)N)C(N)=O)NC(=O)C(CCC(=O)NCCO)NC(=O)C(N)CCC(=O)[O-])C(N)=O.[Na+]. The third-order valence-corrected chi connectivity index (χ3v) is 6.89. The molecule has 0 fully saturated rings. The minimum Gasteiger partial charge on any atom is -0.550 e. The zero-order chi connectivity index (χ0) is 39.1. The largest absolute Gasteiger partial charge is 1.00 e. The van der Waals surface area contributed by atoms with Gasteiger partial charge in [-0.1, -0.05) is 0 Å². The fourth-order valence-corrected chi connectivity index (χ4v) is 4.18. The number of carbonyl (C=O) groups is 9. The van der Waals surface area contributed by atoms with Crippen LogP contribution in [0.1, 0.15) is 65.6 Å². The molecule has 23 heteroatoms. The fraction of sp³-hybridized carbons (Fsp3) is 0.643. The van der Waals surface area contributed by atoms with Crippen molar-refractivity contribution in [2.24, 2.45) is 28.7 Å². The molecule has 0 aliphatic rings. The van der Waals surface area contributed by atoms with Crippen LogP contribution in [-0.4, -0.2) is 115 Å². The van der Waals surface area contributed by atoms with Gasteiger partial charge in [-0.25, -0.2) is 0 Å². The van der Waals surface area contributed by atoms with Gasteiger partial charge in [0.1, 0.15) is 31.8 Å². The summed E-state index contributed by atoms with van der Waals surface area (Å²) < 4.78 is 7.06. The van der Waals surface area contributed by atoms with Gasteiger partial charge in [-0.3, -0.25) is 50.0 Å². The summed E-state index contributed by atoms with van der Waals surface area (Å²) in [6, 6.07) is -7.22. The Bertz CT molecular complexity index is 1290. The molecule has 51 heavy (non-hydrogen) atoms. The molecular weight excluding hydrogens is 689 g/mol. The van der Waals surface area contributed by atoms with Crippen molar-refractivity contribution in [2.75, 3.05) is 19.7 Å². The predicted octanol–water partition coefficient (Wildman–Crippen LogP) is -12.5. The van der Waals surface area contributed by atoms with E-state index in [2.05, 4.69) is 31.6 Å². The summed E-state index contributed by atoms with van der Waals surface area (Å²) in [4.78, 5) is 113. The summed E-state index contributed by atoms with van der Waals surface area (Å²) in [7, 11) is 0. The predicted molar refractivity (Wildman–Crippen MR) is 171 cm³/mol. The Morgan fingerprint density at radius 2 is 1.24 bits per heavy atom. The number of amides is 7. The molecule has 0 heterocycles. The van der Waals surface area contributed by atoms with Crippen LogP contribution in [0.2, 0.25) is 0 Å². The number of hydrogen-bond acceptors (Lipinski definition) is 12. The number of guanidine groups is 1. The van der Waals surface area contributed by atoms with E-state index in [-0.39, 0.29) is 87.3 Å². The molecule has 0 bridgehead atoms. The first-order valence-corrected chi connectivity index (χ1v) is 15.6. The molecule has 7 amide bonds. The fourth-order valence-electron chi connectivity index (χ4n) is 4.18. The second kappa shape index (κ2) is 27.4. The molecule has 282 valence electrons. The molecule has 0 aliphatic heterocycles. The summed E-state index contributed by atoms with van der Waals surface area (Å²) in [5, 5.41) is 31.4. The van der Waals surface area contributed by atoms with Gasteiger partial charge in [-0.2, -0.15) is 0 Å². The molecular formula is C28H49N11NaO11+. The quantitative estimate of drug-likeness (QED) is 0.0122. The summed E-state index contributed by atoms with van der Waals surface area (Å²) >= 11 is 0. The van der Waals surface area contributed by atoms with E-state index in [0.717, 1.165) is 0 Å². The van der Waals surface area contributed by atoms with Crippen LogP contribution < -0.4 is 94.9 Å². The van der Waals surface area contributed by atoms with Crippen LogP contribution in [0.3, 0.4) is 0 Å². The van der Waals surface area contributed by atoms with Crippen molar-refractivity contribution >= 4 is 59.5 Å². The van der Waals surface area contributed by atoms with Crippen LogP contribution >= 0.6 is 0 Å². The van der Waals surface area contributed by atoms with Gasteiger partial charge < -0.3 is 63.6 Å². The van der Waals surface area contributed by atoms with Gasteiger partial charge in [0.15, 0.2) is 0 Å². The van der Waals surface area contributed by atoms with Gasteiger partial charge >= 0.3 is 35.5 Å². The molecule has 0 saturated carbocycles. The number of carboxylic acids is 1. The van der Waals surface area contributed by atoms with E-state index < -0.39 is 109 Å². The number of rotatable bonds is 27. The Balaban J connectivity index is 0. The summed E-state index contributed by atoms with van der Waals surface area (Å²) in [6.07, 6.45) is -4.17. The number of carbonyl (C=O) groups excluding carboxylic acids is 9. The first kappa shape index (κ1) is 46.6. The van der Waals surface area contributed by atoms with Gasteiger partial charge in [0.25, 0.3) is 0 Å². The van der Waals surface area contributed by atoms with Gasteiger partial charge in [0.2, 0.25) is 41.4 Å². The van der Waals surface area contributed by atoms with E-state index in [4.69, 9.17) is 35.1 Å². The van der Waals surface area contributed by atoms with Crippen LogP contribution in [-0.2, 0) is 43.2 Å². The van der Waals surface area contributed by atoms with Crippen LogP contribution in [0, 0.1) is 0 Å². The molecule has 0 aromatic heterocycles. The molecule has 22 nitrogen and oxygen atoms in total. The zero-order valence-electron chi connectivity index (χ0n) is 29.5. The second-order valence-corrected chi connectivity index (χ2v) is 11.0. The molecule has 0 aromatic rings. The molecule has 0 aromatic carbocycles. The first-order chi connectivity index (χ1) is 23.9. The van der Waals surface area contributed by atoms with Gasteiger partial charge in [-0.15, -0.1) is 0 Å². The van der Waals surface area contributed by atoms with Crippen molar-refractivity contribution in [1.82, 2.24) is 26.6 Å². The Kier molecular flexibility index (Phi) is 25.0. The first-order valence-electron chi connectivity index (χ1n) is 16.1. The minimum absolute atomic E-state index is 0. The van der Waals surface area contributed by atoms with E-state index in [9.17, 15) is 48.3 Å². The number of aldehydes is 1. The van der Waals surface area contributed by atoms with Crippen molar-refractivity contribution in [3.63, 3.8) is 0 Å². The number of primary amides is 2. The van der Waals surface area contributed by atoms with Crippen molar-refractivity contribution in [3.05, 3.63) is 0 Å². The Morgan fingerprint density at radius 3 is 1.73 bits per heavy atom. The van der Waals surface area contributed by atoms with Crippen LogP contribution in [0.5, 0.6) is 0 Å². The van der Waals surface area contributed by atoms with E-state index in [1.165, 1.54) is 0 Å². The smallest absolute Gasteiger partial charge is 0.550 e.